The van der Waals surface area contributed by atoms with Crippen LogP contribution in [0.25, 0.3) is 0 Å². The van der Waals surface area contributed by atoms with Gasteiger partial charge in [0.1, 0.15) is 21.5 Å². The number of nitriles is 1. The lowest BCUT2D eigenvalue weighted by Crippen LogP contribution is -2.19. The molecule has 2 heterocycles. The first kappa shape index (κ1) is 12.7. The van der Waals surface area contributed by atoms with Crippen molar-refractivity contribution in [2.45, 2.75) is 13.8 Å². The molecule has 0 spiro atoms. The van der Waals surface area contributed by atoms with Crippen LogP contribution in [0.4, 0.5) is 10.7 Å². The predicted molar refractivity (Wildman–Crippen MR) is 72.5 cm³/mol. The highest BCUT2D eigenvalue weighted by atomic mass is 32.1. The van der Waals surface area contributed by atoms with E-state index in [1.54, 1.807) is 0 Å². The van der Waals surface area contributed by atoms with Crippen LogP contribution in [0.5, 0.6) is 0 Å². The minimum atomic E-state index is -0.569. The molecule has 1 aliphatic heterocycles. The molecular formula is C12H16N4OS. The molecule has 0 aromatic carbocycles. The van der Waals surface area contributed by atoms with Gasteiger partial charge < -0.3 is 16.4 Å². The van der Waals surface area contributed by atoms with Crippen LogP contribution in [0, 0.1) is 23.2 Å². The average molecular weight is 264 g/mol. The topological polar surface area (TPSA) is 96.1 Å². The van der Waals surface area contributed by atoms with E-state index in [-0.39, 0.29) is 10.6 Å². The highest BCUT2D eigenvalue weighted by Crippen LogP contribution is 2.40. The summed E-state index contributed by atoms with van der Waals surface area (Å²) in [5, 5.41) is 9.96. The van der Waals surface area contributed by atoms with Gasteiger partial charge in [0.05, 0.1) is 5.69 Å². The van der Waals surface area contributed by atoms with Crippen LogP contribution >= 0.6 is 11.3 Å². The maximum absolute atomic E-state index is 11.3. The molecule has 6 heteroatoms. The van der Waals surface area contributed by atoms with E-state index in [1.807, 2.05) is 0 Å². The van der Waals surface area contributed by atoms with Gasteiger partial charge in [-0.05, 0) is 11.8 Å². The minimum Gasteiger partial charge on any atom is -0.396 e. The van der Waals surface area contributed by atoms with E-state index < -0.39 is 5.91 Å². The van der Waals surface area contributed by atoms with Gasteiger partial charge in [-0.25, -0.2) is 0 Å². The van der Waals surface area contributed by atoms with Gasteiger partial charge >= 0.3 is 0 Å². The summed E-state index contributed by atoms with van der Waals surface area (Å²) in [7, 11) is 0. The molecule has 2 unspecified atom stereocenters. The van der Waals surface area contributed by atoms with Gasteiger partial charge in [-0.15, -0.1) is 11.3 Å². The molecule has 1 aromatic heterocycles. The SMILES string of the molecule is CC1CN(c2sc(C(N)=O)c(N)c2C#N)CC1C. The fourth-order valence-electron chi connectivity index (χ4n) is 2.24. The van der Waals surface area contributed by atoms with Gasteiger partial charge in [0.15, 0.2) is 0 Å². The van der Waals surface area contributed by atoms with E-state index in [0.717, 1.165) is 18.1 Å². The molecule has 2 rings (SSSR count). The first-order chi connectivity index (χ1) is 8.45. The van der Waals surface area contributed by atoms with Gasteiger partial charge in [0.25, 0.3) is 5.91 Å². The molecule has 1 amide bonds. The van der Waals surface area contributed by atoms with Crippen molar-refractivity contribution in [1.82, 2.24) is 0 Å². The lowest BCUT2D eigenvalue weighted by Gasteiger charge is -2.16. The van der Waals surface area contributed by atoms with Crippen molar-refractivity contribution in [3.05, 3.63) is 10.4 Å². The Bertz CT molecular complexity index is 521. The number of rotatable bonds is 2. The van der Waals surface area contributed by atoms with E-state index in [2.05, 4.69) is 24.8 Å². The van der Waals surface area contributed by atoms with Crippen LogP contribution in [0.1, 0.15) is 29.1 Å². The van der Waals surface area contributed by atoms with Crippen molar-refractivity contribution in [2.75, 3.05) is 23.7 Å². The van der Waals surface area contributed by atoms with E-state index in [4.69, 9.17) is 11.5 Å². The Morgan fingerprint density at radius 2 is 2.00 bits per heavy atom. The summed E-state index contributed by atoms with van der Waals surface area (Å²) < 4.78 is 0. The highest BCUT2D eigenvalue weighted by Gasteiger charge is 2.31. The van der Waals surface area contributed by atoms with Gasteiger partial charge in [0, 0.05) is 13.1 Å². The van der Waals surface area contributed by atoms with Gasteiger partial charge in [-0.1, -0.05) is 13.8 Å². The van der Waals surface area contributed by atoms with Crippen LogP contribution in [-0.4, -0.2) is 19.0 Å². The number of carbonyl (C=O) groups is 1. The highest BCUT2D eigenvalue weighted by molar-refractivity contribution is 7.19. The van der Waals surface area contributed by atoms with Crippen molar-refractivity contribution >= 4 is 27.9 Å². The van der Waals surface area contributed by atoms with Crippen molar-refractivity contribution in [2.24, 2.45) is 17.6 Å². The molecule has 4 N–H and O–H groups in total. The molecule has 2 atom stereocenters. The number of hydrogen-bond donors (Lipinski definition) is 2. The lowest BCUT2D eigenvalue weighted by atomic mass is 10.0. The maximum Gasteiger partial charge on any atom is 0.261 e. The summed E-state index contributed by atoms with van der Waals surface area (Å²) in [6, 6.07) is 2.08. The third-order valence-electron chi connectivity index (χ3n) is 3.54. The molecule has 1 saturated heterocycles. The molecular weight excluding hydrogens is 248 g/mol. The lowest BCUT2D eigenvalue weighted by molar-refractivity contribution is 0.100. The Morgan fingerprint density at radius 3 is 2.44 bits per heavy atom. The quantitative estimate of drug-likeness (QED) is 0.843. The molecule has 1 aliphatic rings. The number of thiophene rings is 1. The fourth-order valence-corrected chi connectivity index (χ4v) is 3.28. The molecule has 96 valence electrons. The molecule has 1 fully saturated rings. The number of nitrogen functional groups attached to an aromatic ring is 1. The van der Waals surface area contributed by atoms with Crippen molar-refractivity contribution in [1.29, 1.82) is 5.26 Å². The minimum absolute atomic E-state index is 0.220. The number of nitrogens with zero attached hydrogens (tertiary/aromatic N) is 2. The van der Waals surface area contributed by atoms with E-state index in [9.17, 15) is 10.1 Å². The van der Waals surface area contributed by atoms with E-state index >= 15 is 0 Å². The molecule has 0 radical (unpaired) electrons. The van der Waals surface area contributed by atoms with Crippen LogP contribution in [0.2, 0.25) is 0 Å². The summed E-state index contributed by atoms with van der Waals surface area (Å²) in [6.07, 6.45) is 0. The Hall–Kier alpha value is -1.74. The van der Waals surface area contributed by atoms with Gasteiger partial charge in [0.2, 0.25) is 0 Å². The standard InChI is InChI=1S/C12H16N4OS/c1-6-4-16(5-7(6)2)12-8(3-13)9(14)10(18-12)11(15)17/h6-7H,4-5,14H2,1-2H3,(H2,15,17). The molecule has 0 saturated carbocycles. The van der Waals surface area contributed by atoms with Crippen molar-refractivity contribution in [3.63, 3.8) is 0 Å². The second-order valence-corrected chi connectivity index (χ2v) is 5.86. The zero-order chi connectivity index (χ0) is 13.4. The smallest absolute Gasteiger partial charge is 0.261 e. The largest absolute Gasteiger partial charge is 0.396 e. The molecule has 5 nitrogen and oxygen atoms in total. The summed E-state index contributed by atoms with van der Waals surface area (Å²) in [5.41, 5.74) is 11.7. The van der Waals surface area contributed by atoms with E-state index in [1.165, 1.54) is 11.3 Å². The maximum atomic E-state index is 11.3. The van der Waals surface area contributed by atoms with Crippen LogP contribution in [-0.2, 0) is 0 Å². The second-order valence-electron chi connectivity index (χ2n) is 4.86. The Labute approximate surface area is 110 Å². The second kappa shape index (κ2) is 4.50. The summed E-state index contributed by atoms with van der Waals surface area (Å²) in [6.45, 7) is 6.13. The number of primary amides is 1. The molecule has 0 aliphatic carbocycles. The first-order valence-electron chi connectivity index (χ1n) is 5.82. The number of nitrogens with two attached hydrogens (primary N) is 2. The molecule has 1 aromatic rings. The third-order valence-corrected chi connectivity index (χ3v) is 4.82. The Morgan fingerprint density at radius 1 is 1.44 bits per heavy atom. The van der Waals surface area contributed by atoms with Gasteiger partial charge in [-0.3, -0.25) is 4.79 Å². The van der Waals surface area contributed by atoms with Gasteiger partial charge in [-0.2, -0.15) is 5.26 Å². The third kappa shape index (κ3) is 1.91. The molecule has 0 bridgehead atoms. The number of carbonyl (C=O) groups excluding carboxylic acids is 1. The number of amides is 1. The monoisotopic (exact) mass is 264 g/mol. The molecule has 18 heavy (non-hydrogen) atoms. The fraction of sp³-hybridized carbons (Fsp3) is 0.500. The number of hydrogen-bond acceptors (Lipinski definition) is 5. The van der Waals surface area contributed by atoms with Crippen LogP contribution in [0.15, 0.2) is 0 Å². The summed E-state index contributed by atoms with van der Waals surface area (Å²) in [5.74, 6) is 0.564. The summed E-state index contributed by atoms with van der Waals surface area (Å²) in [4.78, 5) is 13.7. The van der Waals surface area contributed by atoms with Crippen molar-refractivity contribution in [3.8, 4) is 6.07 Å². The van der Waals surface area contributed by atoms with Crippen LogP contribution < -0.4 is 16.4 Å². The van der Waals surface area contributed by atoms with Crippen LogP contribution in [0.3, 0.4) is 0 Å². The zero-order valence-electron chi connectivity index (χ0n) is 10.4. The van der Waals surface area contributed by atoms with Crippen molar-refractivity contribution < 1.29 is 4.79 Å². The normalized spacial score (nSPS) is 23.1. The Kier molecular flexibility index (Phi) is 3.18. The summed E-state index contributed by atoms with van der Waals surface area (Å²) >= 11 is 1.22. The zero-order valence-corrected chi connectivity index (χ0v) is 11.3. The number of anilines is 2. The Balaban J connectivity index is 2.43. The first-order valence-corrected chi connectivity index (χ1v) is 6.64. The predicted octanol–water partition coefficient (Wildman–Crippen LogP) is 1.39. The average Bonchev–Trinajstić information content (AvgIpc) is 2.80. The van der Waals surface area contributed by atoms with E-state index in [0.29, 0.717) is 17.4 Å².